The summed E-state index contributed by atoms with van der Waals surface area (Å²) < 4.78 is 130. The number of halogens is 1. The molecule has 3 N–H and O–H groups in total. The number of Topliss-reactive ketones (excluding diaryl/α,β-unsaturated/α-hetero) is 6. The molecule has 39 atom stereocenters. The standard InChI is InChI=1S/C26H40N2O2.C23H37BrO2.C23H38O2.C22H34O2.C21H32O2/c1-4-26(30)12-11-24(2)18(15-26)5-6-19-20-7-8-22(25(20,3)10-9-21(19)24)23(29)16-28-14-13-27-17-28;1-4-23(26)12-11-21(2)15(13-23)5-6-16-17-7-8-19(20(25)14-24)22(17,3)10-9-18(16)21;1-5-23(25)13-12-21(3)16(14-23)6-7-17-19-9-8-18(15(2)24)22(19,4)11-10-20(17)21;1-14(23)17-6-7-18-16-5-4-15-12-22(13-24-22)11-10-20(15,2)19(16)8-9-21(17,18)3;1-13(22)17-6-7-18-16-5-4-14-12-15(23)8-10-20(14,2)19(16)9-11-21(17,18)3/h13-14,17-22,30H,4-12,15-16H2,1-3H3;15-19,26H,4-14H2,1-3H3;16-20,25H,5-14H2,1-4H3;15-19H,4-13H2,1-3H3;14,16-19H,4-12H2,1-3H3/t18-,19-,20-,21-,22+,24-,25-,26+;15-,16-,17-,18-,19+,21-,22-,23+;16-,17-,18+,19-,20-,21-,22+,23+;15-,16-,17+,18-,19-,20-,21+,22+;14-,16-,17+,18-,19-,20-,21+/m00000/s1/i4D2;4D2,14D2,19D;2D3,5D2,18D;13D2;. The van der Waals surface area contributed by atoms with Crippen molar-refractivity contribution in [1.82, 2.24) is 9.55 Å². The van der Waals surface area contributed by atoms with Gasteiger partial charge in [0.05, 0.1) is 49.9 Å². The van der Waals surface area contributed by atoms with Gasteiger partial charge in [-0.05, 0) is 488 Å². The number of aliphatic hydroxyl groups is 3. The van der Waals surface area contributed by atoms with E-state index >= 15 is 0 Å². The molecule has 0 aromatic carbocycles. The molecule has 0 amide bonds. The summed E-state index contributed by atoms with van der Waals surface area (Å²) in [7, 11) is 0. The first-order valence-corrected chi connectivity index (χ1v) is 53.9. The molecule has 1 aromatic rings. The van der Waals surface area contributed by atoms with Crippen LogP contribution in [0.15, 0.2) is 18.7 Å². The first-order chi connectivity index (χ1) is 66.0. The summed E-state index contributed by atoms with van der Waals surface area (Å²) in [5.41, 5.74) is -3.64. The molecule has 21 fully saturated rings. The van der Waals surface area contributed by atoms with Crippen molar-refractivity contribution < 1.29 is 69.4 Å². The summed E-state index contributed by atoms with van der Waals surface area (Å²) in [5, 5.41) is 31.1. The van der Waals surface area contributed by atoms with Gasteiger partial charge in [0.1, 0.15) is 28.9 Å². The molecule has 1 spiro atoms. The molecule has 0 bridgehead atoms. The highest BCUT2D eigenvalue weighted by Crippen LogP contribution is 2.76. The molecule has 0 radical (unpaired) electrons. The fourth-order valence-electron chi connectivity index (χ4n) is 39.9. The number of fused-ring (bicyclic) bond motifs is 25. The molecule has 22 rings (SSSR count). The summed E-state index contributed by atoms with van der Waals surface area (Å²) in [6.45, 7) is 27.9. The van der Waals surface area contributed by atoms with E-state index in [9.17, 15) is 44.1 Å². The van der Waals surface area contributed by atoms with Gasteiger partial charge in [-0.3, -0.25) is 28.8 Å². The van der Waals surface area contributed by atoms with E-state index in [1.807, 2.05) is 31.5 Å². The normalized spacial score (nSPS) is 57.1. The van der Waals surface area contributed by atoms with Gasteiger partial charge in [-0.25, -0.2) is 4.98 Å². The number of nitrogens with zero attached hydrogens (tertiary/aromatic N) is 2. The average Bonchev–Trinajstić information content (AvgIpc) is 1.55. The van der Waals surface area contributed by atoms with Crippen LogP contribution in [0.5, 0.6) is 0 Å². The maximum absolute atomic E-state index is 13.3. The van der Waals surface area contributed by atoms with E-state index in [-0.39, 0.29) is 56.2 Å². The zero-order valence-electron chi connectivity index (χ0n) is 97.0. The van der Waals surface area contributed by atoms with Crippen LogP contribution in [0.4, 0.5) is 0 Å². The van der Waals surface area contributed by atoms with Crippen molar-refractivity contribution in [2.45, 2.75) is 448 Å². The Morgan fingerprint density at radius 1 is 0.414 bits per heavy atom. The highest BCUT2D eigenvalue weighted by molar-refractivity contribution is 9.09. The predicted molar refractivity (Wildman–Crippen MR) is 514 cm³/mol. The number of carbonyl (C=O) groups is 6. The van der Waals surface area contributed by atoms with Crippen LogP contribution in [0.25, 0.3) is 0 Å². The fourth-order valence-corrected chi connectivity index (χ4v) is 40.2. The van der Waals surface area contributed by atoms with Crippen LogP contribution in [-0.2, 0) is 40.0 Å². The Morgan fingerprint density at radius 3 is 1.12 bits per heavy atom. The van der Waals surface area contributed by atoms with Crippen molar-refractivity contribution in [3.05, 3.63) is 18.7 Å². The molecule has 2 heterocycles. The van der Waals surface area contributed by atoms with Gasteiger partial charge in [0.2, 0.25) is 0 Å². The molecule has 20 saturated carbocycles. The Bertz CT molecular complexity index is 4860. The van der Waals surface area contributed by atoms with Crippen molar-refractivity contribution >= 4 is 50.6 Å². The number of ketones is 6. The topological polar surface area (TPSA) is 193 Å². The number of hydrogen-bond donors (Lipinski definition) is 3. The lowest BCUT2D eigenvalue weighted by atomic mass is 9.43. The molecule has 128 heavy (non-hydrogen) atoms. The molecular weight excluding hydrogens is 1650 g/mol. The monoisotopic (exact) mass is 1840 g/mol. The van der Waals surface area contributed by atoms with Crippen LogP contribution in [0.2, 0.25) is 0 Å². The molecule has 718 valence electrons. The van der Waals surface area contributed by atoms with E-state index in [1.54, 1.807) is 19.4 Å². The summed E-state index contributed by atoms with van der Waals surface area (Å²) in [4.78, 5) is 79.6. The fraction of sp³-hybridized carbons (Fsp3) is 0.922. The summed E-state index contributed by atoms with van der Waals surface area (Å²) in [6, 6.07) is 0. The number of imidazole rings is 1. The number of alkyl halides is 1. The molecule has 21 aliphatic rings. The minimum Gasteiger partial charge on any atom is -0.390 e. The van der Waals surface area contributed by atoms with Gasteiger partial charge in [-0.1, -0.05) is 106 Å². The Morgan fingerprint density at radius 2 is 0.750 bits per heavy atom. The lowest BCUT2D eigenvalue weighted by Gasteiger charge is -2.62. The molecule has 12 nitrogen and oxygen atoms in total. The molecule has 13 heteroatoms. The zero-order valence-corrected chi connectivity index (χ0v) is 83.6. The highest BCUT2D eigenvalue weighted by Gasteiger charge is 2.70. The molecule has 20 aliphatic carbocycles. The summed E-state index contributed by atoms with van der Waals surface area (Å²) >= 11 is 2.89. The third-order valence-electron chi connectivity index (χ3n) is 47.6. The van der Waals surface area contributed by atoms with E-state index in [2.05, 4.69) is 83.2 Å². The second-order valence-corrected chi connectivity index (χ2v) is 51.9. The van der Waals surface area contributed by atoms with Crippen LogP contribution in [0, 0.1) is 202 Å². The van der Waals surface area contributed by atoms with Gasteiger partial charge >= 0.3 is 0 Å². The van der Waals surface area contributed by atoms with E-state index in [0.29, 0.717) is 175 Å². The maximum atomic E-state index is 13.3. The third-order valence-corrected chi connectivity index (χ3v) is 48.0. The number of epoxide rings is 1. The Labute approximate surface area is 805 Å². The first kappa shape index (κ1) is 78.5. The minimum atomic E-state index is -2.73. The van der Waals surface area contributed by atoms with E-state index < -0.39 is 94.4 Å². The molecule has 0 unspecified atom stereocenters. The molecular formula is C115H181BrN2O10. The number of aromatic nitrogens is 2. The van der Waals surface area contributed by atoms with Crippen LogP contribution >= 0.6 is 15.9 Å². The van der Waals surface area contributed by atoms with Crippen molar-refractivity contribution in [2.75, 3.05) is 11.8 Å². The second-order valence-electron chi connectivity index (χ2n) is 51.5. The second kappa shape index (κ2) is 34.9. The van der Waals surface area contributed by atoms with Gasteiger partial charge in [-0.15, -0.1) is 0 Å². The third kappa shape index (κ3) is 15.8. The maximum Gasteiger partial charge on any atom is 0.156 e. The van der Waals surface area contributed by atoms with Crippen molar-refractivity contribution in [3.8, 4) is 0 Å². The van der Waals surface area contributed by atoms with Crippen LogP contribution in [-0.4, -0.2) is 93.8 Å². The van der Waals surface area contributed by atoms with Crippen LogP contribution in [0.3, 0.4) is 0 Å². The lowest BCUT2D eigenvalue weighted by molar-refractivity contribution is -0.154. The number of ether oxygens (including phenoxy) is 1. The van der Waals surface area contributed by atoms with Crippen molar-refractivity contribution in [1.29, 1.82) is 0 Å². The van der Waals surface area contributed by atoms with Gasteiger partial charge in [0.15, 0.2) is 5.78 Å². The number of carbonyl (C=O) groups excluding carboxylic acids is 6. The Kier molecular flexibility index (Phi) is 21.4. The smallest absolute Gasteiger partial charge is 0.156 e. The summed E-state index contributed by atoms with van der Waals surface area (Å²) in [5.74, 6) is 9.01. The van der Waals surface area contributed by atoms with Gasteiger partial charge in [0, 0.05) is 72.6 Å². The van der Waals surface area contributed by atoms with Gasteiger partial charge in [-0.2, -0.15) is 0 Å². The quantitative estimate of drug-likeness (QED) is 0.141. The van der Waals surface area contributed by atoms with Crippen LogP contribution < -0.4 is 0 Å². The largest absolute Gasteiger partial charge is 0.390 e. The van der Waals surface area contributed by atoms with Gasteiger partial charge < -0.3 is 24.6 Å². The molecule has 1 saturated heterocycles. The van der Waals surface area contributed by atoms with Gasteiger partial charge in [0.25, 0.3) is 0 Å². The van der Waals surface area contributed by atoms with E-state index in [1.165, 1.54) is 97.3 Å². The highest BCUT2D eigenvalue weighted by atomic mass is 79.9. The minimum absolute atomic E-state index is 0.0308. The average molecular weight is 1850 g/mol. The number of rotatable bonds is 11. The Hall–Kier alpha value is -2.45. The zero-order chi connectivity index (χ0) is 104. The predicted octanol–water partition coefficient (Wildman–Crippen LogP) is 26.2. The first-order valence-electron chi connectivity index (χ1n) is 60.6. The van der Waals surface area contributed by atoms with Crippen molar-refractivity contribution in [3.63, 3.8) is 0 Å². The molecule has 1 aromatic heterocycles. The summed E-state index contributed by atoms with van der Waals surface area (Å²) in [6.07, 6.45) is 43.0. The lowest BCUT2D eigenvalue weighted by Crippen LogP contribution is -2.56. The Balaban J connectivity index is 0.000000118. The van der Waals surface area contributed by atoms with Crippen LogP contribution in [0.1, 0.15) is 439 Å². The van der Waals surface area contributed by atoms with E-state index in [4.69, 9.17) is 25.3 Å². The number of hydrogen-bond acceptors (Lipinski definition) is 11. The van der Waals surface area contributed by atoms with Crippen molar-refractivity contribution in [2.24, 2.45) is 202 Å². The molecule has 1 aliphatic heterocycles. The van der Waals surface area contributed by atoms with E-state index in [0.717, 1.165) is 183 Å². The SMILES string of the molecule is CC(=O)[C@H]1CC[C@H]2[C@@H]3CC[C@H]4CC(=O)CC[C@]4(C)[C@H]3CC[C@]12C.[2H]C([2H])(Br)C(=O)[C@@]1([2H])CC[C@H]2[C@@H]3CC[C@H]4C[C@@](O)(C([2H])([2H])C)CC[C@]4(C)[C@H]3CC[C@@]21C.[2H]C([2H])(C)[C@@]1(O)CC[C@@]2(C)[C@@H](CC[C@@H]3[C@@H]2CC[C@]2(C)[C@@H](C(=O)Cn4ccnc4)CC[C@@H]32)C1.[2H]C([2H])([2H])C(=O)[C@@]1([2H])CC[C@H]2[C@@H]3CC[C@H]4C[C@@](O)(C([2H])([2H])C)CC[C@]4(C)[C@H]3CC[C@@]21C.[2H]C1([2H])O[C@@]12CC[C@@]1(C)[C@@H](CC[C@@H]3[C@@H]1CC[C@]1(C)[C@@H](C(C)=O)CC[C@@H]31)C2.